The summed E-state index contributed by atoms with van der Waals surface area (Å²) in [7, 11) is 0. The smallest absolute Gasteiger partial charge is 0.177 e. The molecule has 6 heteroatoms. The van der Waals surface area contributed by atoms with Gasteiger partial charge < -0.3 is 9.13 Å². The minimum atomic E-state index is 0.0488. The maximum absolute atomic E-state index is 9.64. The maximum atomic E-state index is 9.64. The lowest BCUT2D eigenvalue weighted by Crippen LogP contribution is -1.98. The molecule has 1 aliphatic carbocycles. The number of rotatable bonds is 2. The molecule has 0 aliphatic heterocycles. The number of para-hydroxylation sites is 3. The molecular weight excluding hydrogens is 564 g/mol. The van der Waals surface area contributed by atoms with Crippen molar-refractivity contribution in [2.24, 2.45) is 0 Å². The average molecular weight is 585 g/mol. The fourth-order valence-corrected chi connectivity index (χ4v) is 7.51. The first kappa shape index (κ1) is 24.7. The molecule has 210 valence electrons. The molecule has 0 bridgehead atoms. The molecule has 0 fully saturated rings. The molecule has 10 rings (SSSR count). The normalized spacial score (nSPS) is 11.9. The Labute approximate surface area is 262 Å². The summed E-state index contributed by atoms with van der Waals surface area (Å²) in [4.78, 5) is 9.19. The lowest BCUT2D eigenvalue weighted by atomic mass is 10.0. The lowest BCUT2D eigenvalue weighted by Gasteiger charge is -2.13. The molecule has 9 aromatic rings. The lowest BCUT2D eigenvalue weighted by molar-refractivity contribution is 1.15. The van der Waals surface area contributed by atoms with Crippen molar-refractivity contribution in [1.29, 1.82) is 10.5 Å². The standard InChI is InChI=1S/C40H20N6/c41-21-31-32(22-42)44-40-29-17-19-36(27-11-7-12-28(38(27)29)39(40)43-31)46-35-15-6-3-10-26(35)30-20-23(16-18-37(30)46)45-33-13-4-1-8-24(33)25-9-2-5-14-34(25)45/h1-20H. The zero-order valence-electron chi connectivity index (χ0n) is 24.2. The van der Waals surface area contributed by atoms with E-state index in [0.717, 1.165) is 44.3 Å². The molecule has 0 N–H and O–H groups in total. The van der Waals surface area contributed by atoms with Crippen molar-refractivity contribution in [2.45, 2.75) is 0 Å². The molecule has 0 amide bonds. The summed E-state index contributed by atoms with van der Waals surface area (Å²) < 4.78 is 4.70. The molecular formula is C40H20N6. The van der Waals surface area contributed by atoms with Crippen LogP contribution in [0.15, 0.2) is 121 Å². The Balaban J connectivity index is 1.25. The Morgan fingerprint density at radius 3 is 1.61 bits per heavy atom. The maximum Gasteiger partial charge on any atom is 0.177 e. The summed E-state index contributed by atoms with van der Waals surface area (Å²) >= 11 is 0. The predicted octanol–water partition coefficient (Wildman–Crippen LogP) is 9.21. The average Bonchev–Trinajstić information content (AvgIpc) is 3.74. The Morgan fingerprint density at radius 1 is 0.457 bits per heavy atom. The third-order valence-electron chi connectivity index (χ3n) is 9.37. The quantitative estimate of drug-likeness (QED) is 0.203. The zero-order chi connectivity index (χ0) is 30.5. The van der Waals surface area contributed by atoms with Crippen molar-refractivity contribution in [3.63, 3.8) is 0 Å². The molecule has 0 spiro atoms. The Morgan fingerprint density at radius 2 is 0.978 bits per heavy atom. The summed E-state index contributed by atoms with van der Waals surface area (Å²) in [6.45, 7) is 0. The molecule has 0 unspecified atom stereocenters. The van der Waals surface area contributed by atoms with Crippen LogP contribution in [0.5, 0.6) is 0 Å². The summed E-state index contributed by atoms with van der Waals surface area (Å²) in [5, 5.41) is 26.2. The van der Waals surface area contributed by atoms with Crippen LogP contribution in [0.25, 0.3) is 88.3 Å². The van der Waals surface area contributed by atoms with Gasteiger partial charge in [-0.3, -0.25) is 0 Å². The molecule has 1 aliphatic rings. The van der Waals surface area contributed by atoms with Crippen LogP contribution in [0.3, 0.4) is 0 Å². The van der Waals surface area contributed by atoms with Gasteiger partial charge in [0.25, 0.3) is 0 Å². The number of nitrogens with zero attached hydrogens (tertiary/aromatic N) is 6. The molecule has 3 aromatic heterocycles. The monoisotopic (exact) mass is 584 g/mol. The van der Waals surface area contributed by atoms with Gasteiger partial charge in [0, 0.05) is 49.1 Å². The van der Waals surface area contributed by atoms with Gasteiger partial charge in [-0.25, -0.2) is 9.97 Å². The summed E-state index contributed by atoms with van der Waals surface area (Å²) in [6.07, 6.45) is 0. The predicted molar refractivity (Wildman–Crippen MR) is 182 cm³/mol. The Kier molecular flexibility index (Phi) is 4.76. The molecule has 0 saturated heterocycles. The molecule has 6 nitrogen and oxygen atoms in total. The summed E-state index contributed by atoms with van der Waals surface area (Å²) in [5.74, 6) is 0. The number of benzene rings is 6. The van der Waals surface area contributed by atoms with Crippen molar-refractivity contribution >= 4 is 54.4 Å². The van der Waals surface area contributed by atoms with E-state index in [2.05, 4.69) is 128 Å². The van der Waals surface area contributed by atoms with Gasteiger partial charge >= 0.3 is 0 Å². The van der Waals surface area contributed by atoms with Crippen LogP contribution in [0.2, 0.25) is 0 Å². The number of hydrogen-bond donors (Lipinski definition) is 0. The van der Waals surface area contributed by atoms with Crippen LogP contribution < -0.4 is 0 Å². The second-order valence-electron chi connectivity index (χ2n) is 11.6. The van der Waals surface area contributed by atoms with E-state index >= 15 is 0 Å². The summed E-state index contributed by atoms with van der Waals surface area (Å²) in [6, 6.07) is 46.9. The van der Waals surface area contributed by atoms with Crippen molar-refractivity contribution in [2.75, 3.05) is 0 Å². The number of aromatic nitrogens is 4. The fourth-order valence-electron chi connectivity index (χ4n) is 7.51. The van der Waals surface area contributed by atoms with E-state index in [1.54, 1.807) is 0 Å². The summed E-state index contributed by atoms with van der Waals surface area (Å²) in [5.41, 5.74) is 9.98. The van der Waals surface area contributed by atoms with Crippen LogP contribution in [0.4, 0.5) is 0 Å². The Bertz CT molecular complexity index is 2790. The minimum absolute atomic E-state index is 0.0488. The van der Waals surface area contributed by atoms with E-state index in [-0.39, 0.29) is 11.4 Å². The van der Waals surface area contributed by atoms with Crippen LogP contribution in [0, 0.1) is 22.7 Å². The van der Waals surface area contributed by atoms with E-state index in [1.807, 2.05) is 24.3 Å². The van der Waals surface area contributed by atoms with Gasteiger partial charge in [0.05, 0.1) is 39.1 Å². The SMILES string of the molecule is N#Cc1nc2c(nc1C#N)-c1ccc(-n3c4ccccc4c4cc(-n5c6ccccc6c6ccccc65)ccc43)c3cccc-2c13. The topological polar surface area (TPSA) is 83.2 Å². The fraction of sp³-hybridized carbons (Fsp3) is 0. The molecule has 6 aromatic carbocycles. The highest BCUT2D eigenvalue weighted by Crippen LogP contribution is 2.48. The van der Waals surface area contributed by atoms with E-state index in [4.69, 9.17) is 0 Å². The van der Waals surface area contributed by atoms with Crippen molar-refractivity contribution in [3.8, 4) is 46.0 Å². The largest absolute Gasteiger partial charge is 0.309 e. The third kappa shape index (κ3) is 3.07. The third-order valence-corrected chi connectivity index (χ3v) is 9.37. The first-order chi connectivity index (χ1) is 22.7. The molecule has 0 radical (unpaired) electrons. The first-order valence-corrected chi connectivity index (χ1v) is 15.1. The van der Waals surface area contributed by atoms with Crippen LogP contribution in [-0.2, 0) is 0 Å². The van der Waals surface area contributed by atoms with E-state index in [9.17, 15) is 10.5 Å². The van der Waals surface area contributed by atoms with Gasteiger partial charge in [0.15, 0.2) is 11.4 Å². The van der Waals surface area contributed by atoms with E-state index in [0.29, 0.717) is 11.4 Å². The highest BCUT2D eigenvalue weighted by molar-refractivity contribution is 6.18. The second-order valence-corrected chi connectivity index (χ2v) is 11.6. The van der Waals surface area contributed by atoms with Gasteiger partial charge in [-0.15, -0.1) is 0 Å². The van der Waals surface area contributed by atoms with Crippen molar-refractivity contribution in [3.05, 3.63) is 133 Å². The number of fused-ring (bicyclic) bond motifs is 9. The molecule has 3 heterocycles. The Hall–Kier alpha value is -6.76. The molecule has 46 heavy (non-hydrogen) atoms. The van der Waals surface area contributed by atoms with Gasteiger partial charge in [-0.05, 0) is 48.5 Å². The second kappa shape index (κ2) is 8.89. The van der Waals surface area contributed by atoms with Gasteiger partial charge in [0.1, 0.15) is 12.1 Å². The molecule has 0 saturated carbocycles. The van der Waals surface area contributed by atoms with Gasteiger partial charge in [0.2, 0.25) is 0 Å². The van der Waals surface area contributed by atoms with Crippen molar-refractivity contribution < 1.29 is 0 Å². The van der Waals surface area contributed by atoms with Gasteiger partial charge in [-0.2, -0.15) is 10.5 Å². The minimum Gasteiger partial charge on any atom is -0.309 e. The van der Waals surface area contributed by atoms with E-state index < -0.39 is 0 Å². The van der Waals surface area contributed by atoms with Crippen LogP contribution in [0.1, 0.15) is 11.4 Å². The van der Waals surface area contributed by atoms with Gasteiger partial charge in [-0.1, -0.05) is 72.8 Å². The molecule has 0 atom stereocenters. The zero-order valence-corrected chi connectivity index (χ0v) is 24.2. The van der Waals surface area contributed by atoms with E-state index in [1.165, 1.54) is 32.6 Å². The number of hydrogen-bond acceptors (Lipinski definition) is 4. The van der Waals surface area contributed by atoms with Crippen LogP contribution >= 0.6 is 0 Å². The highest BCUT2D eigenvalue weighted by Gasteiger charge is 2.28. The first-order valence-electron chi connectivity index (χ1n) is 15.1. The van der Waals surface area contributed by atoms with Crippen LogP contribution in [-0.4, -0.2) is 19.1 Å². The van der Waals surface area contributed by atoms with Crippen molar-refractivity contribution in [1.82, 2.24) is 19.1 Å². The highest BCUT2D eigenvalue weighted by atomic mass is 15.0. The number of nitriles is 2.